The highest BCUT2D eigenvalue weighted by Crippen LogP contribution is 2.11. The van der Waals surface area contributed by atoms with Crippen LogP contribution in [0.4, 0.5) is 0 Å². The minimum atomic E-state index is -1.47. The van der Waals surface area contributed by atoms with Crippen LogP contribution in [-0.2, 0) is 9.59 Å². The Morgan fingerprint density at radius 3 is 2.31 bits per heavy atom. The summed E-state index contributed by atoms with van der Waals surface area (Å²) in [7, 11) is 0. The summed E-state index contributed by atoms with van der Waals surface area (Å²) in [6.07, 6.45) is 0.666. The van der Waals surface area contributed by atoms with Crippen LogP contribution in [0.2, 0.25) is 0 Å². The molecular formula is C10H20N2O4. The van der Waals surface area contributed by atoms with Crippen molar-refractivity contribution in [3.8, 4) is 0 Å². The molecule has 0 saturated carbocycles. The largest absolute Gasteiger partial charge is 0.481 e. The van der Waals surface area contributed by atoms with Crippen molar-refractivity contribution in [2.24, 2.45) is 11.7 Å². The third kappa shape index (κ3) is 5.67. The van der Waals surface area contributed by atoms with E-state index in [0.717, 1.165) is 0 Å². The molecule has 16 heavy (non-hydrogen) atoms. The molecule has 0 fully saturated rings. The predicted molar refractivity (Wildman–Crippen MR) is 58.9 cm³/mol. The van der Waals surface area contributed by atoms with Crippen LogP contribution in [0.3, 0.4) is 0 Å². The molecular weight excluding hydrogens is 212 g/mol. The van der Waals surface area contributed by atoms with E-state index < -0.39 is 17.6 Å². The van der Waals surface area contributed by atoms with E-state index in [4.69, 9.17) is 15.9 Å². The minimum absolute atomic E-state index is 0.00434. The van der Waals surface area contributed by atoms with Gasteiger partial charge in [0.25, 0.3) is 0 Å². The van der Waals surface area contributed by atoms with E-state index in [1.807, 2.05) is 13.8 Å². The molecule has 6 nitrogen and oxygen atoms in total. The SMILES string of the molecule is CC(C)C[C@](N)(NCCCC(=O)O)C(=O)O. The Kier molecular flexibility index (Phi) is 5.98. The summed E-state index contributed by atoms with van der Waals surface area (Å²) < 4.78 is 0. The number of aliphatic carboxylic acids is 2. The van der Waals surface area contributed by atoms with Gasteiger partial charge in [-0.15, -0.1) is 0 Å². The van der Waals surface area contributed by atoms with Crippen LogP contribution in [0.5, 0.6) is 0 Å². The van der Waals surface area contributed by atoms with Crippen LogP contribution < -0.4 is 11.1 Å². The van der Waals surface area contributed by atoms with E-state index in [9.17, 15) is 9.59 Å². The second kappa shape index (κ2) is 6.44. The maximum absolute atomic E-state index is 11.0. The fourth-order valence-electron chi connectivity index (χ4n) is 1.43. The zero-order valence-corrected chi connectivity index (χ0v) is 9.69. The number of nitrogens with one attached hydrogen (secondary N) is 1. The van der Waals surface area contributed by atoms with Crippen molar-refractivity contribution >= 4 is 11.9 Å². The van der Waals surface area contributed by atoms with E-state index in [2.05, 4.69) is 5.32 Å². The zero-order valence-electron chi connectivity index (χ0n) is 9.69. The number of nitrogens with two attached hydrogens (primary N) is 1. The van der Waals surface area contributed by atoms with Gasteiger partial charge in [-0.25, -0.2) is 4.79 Å². The number of hydrogen-bond donors (Lipinski definition) is 4. The zero-order chi connectivity index (χ0) is 12.8. The van der Waals surface area contributed by atoms with Gasteiger partial charge in [-0.05, 0) is 25.3 Å². The van der Waals surface area contributed by atoms with Gasteiger partial charge in [0.2, 0.25) is 0 Å². The smallest absolute Gasteiger partial charge is 0.338 e. The van der Waals surface area contributed by atoms with Crippen LogP contribution >= 0.6 is 0 Å². The molecule has 6 heteroatoms. The summed E-state index contributed by atoms with van der Waals surface area (Å²) in [4.78, 5) is 21.2. The van der Waals surface area contributed by atoms with Crippen molar-refractivity contribution in [2.75, 3.05) is 6.54 Å². The number of carboxylic acids is 2. The van der Waals surface area contributed by atoms with Crippen molar-refractivity contribution in [1.29, 1.82) is 0 Å². The van der Waals surface area contributed by atoms with Crippen molar-refractivity contribution in [3.05, 3.63) is 0 Å². The summed E-state index contributed by atoms with van der Waals surface area (Å²) in [5.41, 5.74) is 4.23. The topological polar surface area (TPSA) is 113 Å². The number of carboxylic acid groups (broad SMARTS) is 2. The van der Waals surface area contributed by atoms with Crippen LogP contribution in [-0.4, -0.2) is 34.4 Å². The van der Waals surface area contributed by atoms with E-state index in [-0.39, 0.29) is 18.9 Å². The highest BCUT2D eigenvalue weighted by atomic mass is 16.4. The molecule has 5 N–H and O–H groups in total. The van der Waals surface area contributed by atoms with Gasteiger partial charge in [0, 0.05) is 6.42 Å². The van der Waals surface area contributed by atoms with Gasteiger partial charge in [0.1, 0.15) is 0 Å². The second-order valence-electron chi connectivity index (χ2n) is 4.30. The Morgan fingerprint density at radius 1 is 1.38 bits per heavy atom. The molecule has 0 aromatic rings. The van der Waals surface area contributed by atoms with Gasteiger partial charge >= 0.3 is 11.9 Å². The molecule has 0 aromatic heterocycles. The third-order valence-electron chi connectivity index (χ3n) is 2.12. The number of hydrogen-bond acceptors (Lipinski definition) is 4. The van der Waals surface area contributed by atoms with Crippen molar-refractivity contribution in [1.82, 2.24) is 5.32 Å². The first-order valence-corrected chi connectivity index (χ1v) is 5.27. The number of carbonyl (C=O) groups is 2. The molecule has 0 spiro atoms. The summed E-state index contributed by atoms with van der Waals surface area (Å²) in [6.45, 7) is 4.04. The molecule has 0 rings (SSSR count). The summed E-state index contributed by atoms with van der Waals surface area (Å²) in [5, 5.41) is 20.1. The fourth-order valence-corrected chi connectivity index (χ4v) is 1.43. The van der Waals surface area contributed by atoms with Crippen LogP contribution in [0.15, 0.2) is 0 Å². The number of rotatable bonds is 8. The van der Waals surface area contributed by atoms with E-state index in [0.29, 0.717) is 12.8 Å². The maximum atomic E-state index is 11.0. The molecule has 0 heterocycles. The Bertz CT molecular complexity index is 255. The van der Waals surface area contributed by atoms with Crippen molar-refractivity contribution < 1.29 is 19.8 Å². The van der Waals surface area contributed by atoms with Crippen LogP contribution in [0.25, 0.3) is 0 Å². The molecule has 0 aliphatic carbocycles. The molecule has 94 valence electrons. The van der Waals surface area contributed by atoms with Gasteiger partial charge in [-0.3, -0.25) is 10.1 Å². The average Bonchev–Trinajstić information content (AvgIpc) is 2.10. The molecule has 0 unspecified atom stereocenters. The van der Waals surface area contributed by atoms with E-state index >= 15 is 0 Å². The highest BCUT2D eigenvalue weighted by Gasteiger charge is 2.33. The fraction of sp³-hybridized carbons (Fsp3) is 0.800. The first-order valence-electron chi connectivity index (χ1n) is 5.27. The predicted octanol–water partition coefficient (Wildman–Crippen LogP) is 0.227. The first kappa shape index (κ1) is 14.9. The lowest BCUT2D eigenvalue weighted by Crippen LogP contribution is -2.60. The van der Waals surface area contributed by atoms with Crippen LogP contribution in [0.1, 0.15) is 33.1 Å². The molecule has 0 aliphatic heterocycles. The van der Waals surface area contributed by atoms with Gasteiger partial charge in [0.15, 0.2) is 5.66 Å². The lowest BCUT2D eigenvalue weighted by molar-refractivity contribution is -0.145. The Labute approximate surface area is 94.8 Å². The van der Waals surface area contributed by atoms with Gasteiger partial charge in [-0.1, -0.05) is 13.8 Å². The summed E-state index contributed by atoms with van der Waals surface area (Å²) in [6, 6.07) is 0. The van der Waals surface area contributed by atoms with Crippen molar-refractivity contribution in [2.45, 2.75) is 38.8 Å². The normalized spacial score (nSPS) is 14.8. The van der Waals surface area contributed by atoms with E-state index in [1.54, 1.807) is 0 Å². The Morgan fingerprint density at radius 2 is 1.94 bits per heavy atom. The molecule has 0 aliphatic rings. The average molecular weight is 232 g/mol. The van der Waals surface area contributed by atoms with E-state index in [1.165, 1.54) is 0 Å². The highest BCUT2D eigenvalue weighted by molar-refractivity contribution is 5.77. The monoisotopic (exact) mass is 232 g/mol. The van der Waals surface area contributed by atoms with Crippen molar-refractivity contribution in [3.63, 3.8) is 0 Å². The maximum Gasteiger partial charge on any atom is 0.338 e. The molecule has 0 bridgehead atoms. The second-order valence-corrected chi connectivity index (χ2v) is 4.30. The lowest BCUT2D eigenvalue weighted by Gasteiger charge is -2.27. The summed E-state index contributed by atoms with van der Waals surface area (Å²) >= 11 is 0. The Hall–Kier alpha value is -1.14. The van der Waals surface area contributed by atoms with Gasteiger partial charge in [-0.2, -0.15) is 0 Å². The standard InChI is InChI=1S/C10H20N2O4/c1-7(2)6-10(11,9(15)16)12-5-3-4-8(13)14/h7,12H,3-6,11H2,1-2H3,(H,13,14)(H,15,16)/t10-/m0/s1. The molecule has 1 atom stereocenters. The lowest BCUT2D eigenvalue weighted by atomic mass is 9.98. The first-order chi connectivity index (χ1) is 7.28. The Balaban J connectivity index is 4.13. The molecule has 0 radical (unpaired) electrons. The third-order valence-corrected chi connectivity index (χ3v) is 2.12. The molecule has 0 aromatic carbocycles. The van der Waals surface area contributed by atoms with Gasteiger partial charge in [0.05, 0.1) is 0 Å². The molecule has 0 saturated heterocycles. The molecule has 0 amide bonds. The minimum Gasteiger partial charge on any atom is -0.481 e. The quantitative estimate of drug-likeness (QED) is 0.352. The summed E-state index contributed by atoms with van der Waals surface area (Å²) in [5.74, 6) is -1.87. The van der Waals surface area contributed by atoms with Gasteiger partial charge < -0.3 is 15.9 Å². The van der Waals surface area contributed by atoms with Crippen LogP contribution in [0, 0.1) is 5.92 Å².